The van der Waals surface area contributed by atoms with Crippen molar-refractivity contribution in [1.29, 1.82) is 0 Å². The molecule has 1 fully saturated rings. The summed E-state index contributed by atoms with van der Waals surface area (Å²) >= 11 is 0. The van der Waals surface area contributed by atoms with Gasteiger partial charge in [-0.3, -0.25) is 4.98 Å². The van der Waals surface area contributed by atoms with Crippen molar-refractivity contribution < 1.29 is 9.84 Å². The van der Waals surface area contributed by atoms with E-state index in [1.54, 1.807) is 6.20 Å². The molecule has 112 valence electrons. The van der Waals surface area contributed by atoms with E-state index in [4.69, 9.17) is 4.74 Å². The molecule has 4 heteroatoms. The Labute approximate surface area is 121 Å². The van der Waals surface area contributed by atoms with Crippen LogP contribution >= 0.6 is 0 Å². The van der Waals surface area contributed by atoms with E-state index in [0.717, 1.165) is 18.5 Å². The number of ether oxygens (including phenoxy) is 1. The highest BCUT2D eigenvalue weighted by atomic mass is 16.5. The first kappa shape index (κ1) is 15.4. The van der Waals surface area contributed by atoms with Crippen LogP contribution in [0.3, 0.4) is 0 Å². The van der Waals surface area contributed by atoms with Crippen molar-refractivity contribution in [2.75, 3.05) is 13.2 Å². The van der Waals surface area contributed by atoms with E-state index in [1.165, 1.54) is 19.3 Å². The number of pyridine rings is 1. The highest BCUT2D eigenvalue weighted by Gasteiger charge is 2.16. The second kappa shape index (κ2) is 8.35. The minimum Gasteiger partial charge on any atom is -0.389 e. The molecule has 0 aliphatic heterocycles. The van der Waals surface area contributed by atoms with Gasteiger partial charge >= 0.3 is 0 Å². The Morgan fingerprint density at radius 2 is 2.15 bits per heavy atom. The second-order valence-corrected chi connectivity index (χ2v) is 5.63. The van der Waals surface area contributed by atoms with Crippen LogP contribution in [0.15, 0.2) is 24.4 Å². The van der Waals surface area contributed by atoms with Crippen LogP contribution in [0.4, 0.5) is 0 Å². The Hall–Kier alpha value is -0.970. The van der Waals surface area contributed by atoms with Gasteiger partial charge in [0.2, 0.25) is 0 Å². The zero-order valence-electron chi connectivity index (χ0n) is 12.3. The fourth-order valence-electron chi connectivity index (χ4n) is 2.59. The first-order chi connectivity index (χ1) is 9.75. The van der Waals surface area contributed by atoms with E-state index in [1.807, 2.05) is 18.2 Å². The third-order valence-electron chi connectivity index (χ3n) is 3.87. The lowest BCUT2D eigenvalue weighted by Gasteiger charge is -2.24. The summed E-state index contributed by atoms with van der Waals surface area (Å²) < 4.78 is 5.78. The molecule has 0 bridgehead atoms. The Kier molecular flexibility index (Phi) is 6.43. The van der Waals surface area contributed by atoms with Crippen LogP contribution in [0.1, 0.15) is 50.8 Å². The number of nitrogens with zero attached hydrogens (tertiary/aromatic N) is 1. The number of aliphatic hydroxyl groups is 1. The lowest BCUT2D eigenvalue weighted by molar-refractivity contribution is -0.0235. The first-order valence-electron chi connectivity index (χ1n) is 7.69. The van der Waals surface area contributed by atoms with E-state index >= 15 is 0 Å². The van der Waals surface area contributed by atoms with E-state index in [-0.39, 0.29) is 6.04 Å². The van der Waals surface area contributed by atoms with Gasteiger partial charge in [-0.2, -0.15) is 0 Å². The maximum absolute atomic E-state index is 9.97. The molecule has 4 nitrogen and oxygen atoms in total. The average Bonchev–Trinajstić information content (AvgIpc) is 2.52. The van der Waals surface area contributed by atoms with Gasteiger partial charge in [-0.25, -0.2) is 0 Å². The molecule has 20 heavy (non-hydrogen) atoms. The normalized spacial score (nSPS) is 19.7. The monoisotopic (exact) mass is 278 g/mol. The van der Waals surface area contributed by atoms with E-state index < -0.39 is 6.10 Å². The molecule has 0 radical (unpaired) electrons. The van der Waals surface area contributed by atoms with E-state index in [9.17, 15) is 5.11 Å². The van der Waals surface area contributed by atoms with E-state index in [2.05, 4.69) is 17.2 Å². The number of aliphatic hydroxyl groups excluding tert-OH is 1. The largest absolute Gasteiger partial charge is 0.389 e. The molecule has 2 unspecified atom stereocenters. The van der Waals surface area contributed by atoms with Crippen molar-refractivity contribution >= 4 is 0 Å². The molecule has 0 spiro atoms. The zero-order chi connectivity index (χ0) is 14.2. The molecule has 2 N–H and O–H groups in total. The van der Waals surface area contributed by atoms with Crippen LogP contribution < -0.4 is 5.32 Å². The summed E-state index contributed by atoms with van der Waals surface area (Å²) in [5.41, 5.74) is 0.993. The summed E-state index contributed by atoms with van der Waals surface area (Å²) in [6.07, 6.45) is 7.82. The molecule has 1 saturated carbocycles. The Bertz CT molecular complexity index is 366. The molecule has 1 aliphatic carbocycles. The Balaban J connectivity index is 1.63. The highest BCUT2D eigenvalue weighted by molar-refractivity contribution is 5.07. The maximum atomic E-state index is 9.97. The maximum Gasteiger partial charge on any atom is 0.0898 e. The summed E-state index contributed by atoms with van der Waals surface area (Å²) in [6, 6.07) is 6.01. The van der Waals surface area contributed by atoms with Crippen LogP contribution in [-0.2, 0) is 4.74 Å². The van der Waals surface area contributed by atoms with Crippen LogP contribution in [0.5, 0.6) is 0 Å². The Morgan fingerprint density at radius 3 is 2.85 bits per heavy atom. The summed E-state index contributed by atoms with van der Waals surface area (Å²) in [5.74, 6) is 0. The molecule has 0 aromatic carbocycles. The summed E-state index contributed by atoms with van der Waals surface area (Å²) in [4.78, 5) is 4.30. The van der Waals surface area contributed by atoms with E-state index in [0.29, 0.717) is 19.3 Å². The SMILES string of the molecule is CC(NCC(O)COC1CCCCC1)c1ccccn1. The number of nitrogens with one attached hydrogen (secondary N) is 1. The number of rotatable bonds is 7. The molecule has 1 aliphatic rings. The molecule has 0 amide bonds. The number of hydrogen-bond donors (Lipinski definition) is 2. The smallest absolute Gasteiger partial charge is 0.0898 e. The standard InChI is InChI=1S/C16H26N2O2/c1-13(16-9-5-6-10-17-16)18-11-14(19)12-20-15-7-3-2-4-8-15/h5-6,9-10,13-15,18-19H,2-4,7-8,11-12H2,1H3. The molecular formula is C16H26N2O2. The van der Waals surface area contributed by atoms with Crippen LogP contribution in [0.2, 0.25) is 0 Å². The topological polar surface area (TPSA) is 54.4 Å². The highest BCUT2D eigenvalue weighted by Crippen LogP contribution is 2.20. The van der Waals surface area contributed by atoms with Gasteiger partial charge < -0.3 is 15.2 Å². The molecule has 1 aromatic rings. The quantitative estimate of drug-likeness (QED) is 0.804. The van der Waals surface area contributed by atoms with Crippen LogP contribution in [-0.4, -0.2) is 35.5 Å². The lowest BCUT2D eigenvalue weighted by atomic mass is 9.98. The Morgan fingerprint density at radius 1 is 1.35 bits per heavy atom. The van der Waals surface area contributed by atoms with Gasteiger partial charge in [-0.1, -0.05) is 25.3 Å². The molecular weight excluding hydrogens is 252 g/mol. The van der Waals surface area contributed by atoms with Crippen molar-refractivity contribution in [3.63, 3.8) is 0 Å². The third-order valence-corrected chi connectivity index (χ3v) is 3.87. The molecule has 1 heterocycles. The molecule has 2 rings (SSSR count). The van der Waals surface area contributed by atoms with Gasteiger partial charge in [0.05, 0.1) is 24.5 Å². The van der Waals surface area contributed by atoms with Crippen molar-refractivity contribution in [1.82, 2.24) is 10.3 Å². The van der Waals surface area contributed by atoms with Crippen molar-refractivity contribution in [2.24, 2.45) is 0 Å². The summed E-state index contributed by atoms with van der Waals surface area (Å²) in [7, 11) is 0. The second-order valence-electron chi connectivity index (χ2n) is 5.63. The van der Waals surface area contributed by atoms with Gasteiger partial charge in [-0.15, -0.1) is 0 Å². The molecule has 1 aromatic heterocycles. The summed E-state index contributed by atoms with van der Waals surface area (Å²) in [5, 5.41) is 13.3. The van der Waals surface area contributed by atoms with Gasteiger partial charge in [0.1, 0.15) is 0 Å². The molecule has 2 atom stereocenters. The van der Waals surface area contributed by atoms with Crippen molar-refractivity contribution in [3.05, 3.63) is 30.1 Å². The van der Waals surface area contributed by atoms with Crippen molar-refractivity contribution in [3.8, 4) is 0 Å². The first-order valence-corrected chi connectivity index (χ1v) is 7.69. The summed E-state index contributed by atoms with van der Waals surface area (Å²) in [6.45, 7) is 3.01. The van der Waals surface area contributed by atoms with Gasteiger partial charge in [0.15, 0.2) is 0 Å². The predicted molar refractivity (Wildman–Crippen MR) is 79.5 cm³/mol. The minimum atomic E-state index is -0.455. The van der Waals surface area contributed by atoms with Gasteiger partial charge in [0.25, 0.3) is 0 Å². The fraction of sp³-hybridized carbons (Fsp3) is 0.688. The van der Waals surface area contributed by atoms with Crippen LogP contribution in [0.25, 0.3) is 0 Å². The number of aromatic nitrogens is 1. The third kappa shape index (κ3) is 5.19. The zero-order valence-corrected chi connectivity index (χ0v) is 12.3. The predicted octanol–water partition coefficient (Wildman–Crippen LogP) is 2.44. The molecule has 0 saturated heterocycles. The average molecular weight is 278 g/mol. The van der Waals surface area contributed by atoms with Gasteiger partial charge in [0, 0.05) is 18.8 Å². The minimum absolute atomic E-state index is 0.139. The lowest BCUT2D eigenvalue weighted by Crippen LogP contribution is -2.34. The fourth-order valence-corrected chi connectivity index (χ4v) is 2.59. The number of hydrogen-bond acceptors (Lipinski definition) is 4. The van der Waals surface area contributed by atoms with Crippen molar-refractivity contribution in [2.45, 2.75) is 57.3 Å². The van der Waals surface area contributed by atoms with Gasteiger partial charge in [-0.05, 0) is 31.9 Å². The van der Waals surface area contributed by atoms with Crippen LogP contribution in [0, 0.1) is 0 Å².